The number of nitrogens with two attached hydrogens (primary N) is 1. The molecule has 2 rings (SSSR count). The number of aromatic nitrogens is 2. The summed E-state index contributed by atoms with van der Waals surface area (Å²) >= 11 is 0. The van der Waals surface area contributed by atoms with Gasteiger partial charge in [0.05, 0.1) is 5.69 Å². The van der Waals surface area contributed by atoms with Crippen LogP contribution in [0.15, 0.2) is 18.2 Å². The van der Waals surface area contributed by atoms with Gasteiger partial charge in [-0.3, -0.25) is 0 Å². The smallest absolute Gasteiger partial charge is 0.137 e. The second-order valence-corrected chi connectivity index (χ2v) is 4.08. The fourth-order valence-corrected chi connectivity index (χ4v) is 2.08. The number of fused-ring (bicyclic) bond motifs is 1. The number of pyridine rings is 1. The molecule has 1 atom stereocenters. The van der Waals surface area contributed by atoms with Crippen molar-refractivity contribution in [3.8, 4) is 0 Å². The van der Waals surface area contributed by atoms with E-state index in [4.69, 9.17) is 5.73 Å². The molecule has 0 aliphatic heterocycles. The molecule has 2 aromatic heterocycles. The first-order valence-electron chi connectivity index (χ1n) is 5.29. The van der Waals surface area contributed by atoms with E-state index in [9.17, 15) is 0 Å². The minimum atomic E-state index is 0.348. The molecule has 0 radical (unpaired) electrons. The molecule has 2 N–H and O–H groups in total. The van der Waals surface area contributed by atoms with Gasteiger partial charge in [0.2, 0.25) is 0 Å². The molecule has 3 heteroatoms. The molecular weight excluding hydrogens is 186 g/mol. The quantitative estimate of drug-likeness (QED) is 0.811. The highest BCUT2D eigenvalue weighted by Crippen LogP contribution is 2.21. The molecule has 2 aromatic rings. The summed E-state index contributed by atoms with van der Waals surface area (Å²) in [6, 6.07) is 6.17. The highest BCUT2D eigenvalue weighted by Gasteiger charge is 2.14. The van der Waals surface area contributed by atoms with Crippen molar-refractivity contribution in [2.24, 2.45) is 5.73 Å². The number of nitrogens with zero attached hydrogens (tertiary/aromatic N) is 2. The maximum absolute atomic E-state index is 5.73. The van der Waals surface area contributed by atoms with Gasteiger partial charge in [-0.25, -0.2) is 4.98 Å². The zero-order valence-corrected chi connectivity index (χ0v) is 9.49. The summed E-state index contributed by atoms with van der Waals surface area (Å²) in [5.74, 6) is 0.348. The Hall–Kier alpha value is -1.35. The normalized spacial score (nSPS) is 13.3. The van der Waals surface area contributed by atoms with Gasteiger partial charge >= 0.3 is 0 Å². The van der Waals surface area contributed by atoms with Gasteiger partial charge in [0.15, 0.2) is 0 Å². The van der Waals surface area contributed by atoms with Crippen molar-refractivity contribution >= 4 is 5.65 Å². The number of aryl methyl sites for hydroxylation is 2. The summed E-state index contributed by atoms with van der Waals surface area (Å²) < 4.78 is 2.20. The van der Waals surface area contributed by atoms with Crippen LogP contribution in [0.5, 0.6) is 0 Å². The van der Waals surface area contributed by atoms with E-state index in [-0.39, 0.29) is 0 Å². The van der Waals surface area contributed by atoms with E-state index in [1.807, 2.05) is 19.1 Å². The number of imidazole rings is 1. The molecule has 0 bridgehead atoms. The van der Waals surface area contributed by atoms with Crippen molar-refractivity contribution in [1.82, 2.24) is 9.38 Å². The Bertz CT molecular complexity index is 485. The van der Waals surface area contributed by atoms with Crippen molar-refractivity contribution < 1.29 is 0 Å². The van der Waals surface area contributed by atoms with Gasteiger partial charge in [0, 0.05) is 23.9 Å². The van der Waals surface area contributed by atoms with E-state index in [0.29, 0.717) is 12.5 Å². The number of hydrogen-bond donors (Lipinski definition) is 1. The maximum atomic E-state index is 5.73. The third-order valence-electron chi connectivity index (χ3n) is 2.88. The van der Waals surface area contributed by atoms with Crippen LogP contribution in [0.25, 0.3) is 5.65 Å². The van der Waals surface area contributed by atoms with Crippen LogP contribution in [0.4, 0.5) is 0 Å². The van der Waals surface area contributed by atoms with Crippen LogP contribution in [0, 0.1) is 13.8 Å². The van der Waals surface area contributed by atoms with Crippen LogP contribution in [0.1, 0.15) is 29.9 Å². The Morgan fingerprint density at radius 2 is 2.13 bits per heavy atom. The lowest BCUT2D eigenvalue weighted by molar-refractivity contribution is 0.724. The molecule has 1 unspecified atom stereocenters. The molecule has 2 heterocycles. The second-order valence-electron chi connectivity index (χ2n) is 4.08. The Labute approximate surface area is 89.9 Å². The van der Waals surface area contributed by atoms with E-state index in [1.165, 1.54) is 11.4 Å². The predicted octanol–water partition coefficient (Wildman–Crippen LogP) is 2.01. The minimum Gasteiger partial charge on any atom is -0.330 e. The molecule has 15 heavy (non-hydrogen) atoms. The Morgan fingerprint density at radius 1 is 1.40 bits per heavy atom. The summed E-state index contributed by atoms with van der Waals surface area (Å²) in [6.45, 7) is 6.95. The van der Waals surface area contributed by atoms with Crippen molar-refractivity contribution in [3.63, 3.8) is 0 Å². The van der Waals surface area contributed by atoms with E-state index in [2.05, 4.69) is 29.3 Å². The van der Waals surface area contributed by atoms with Crippen LogP contribution in [-0.2, 0) is 0 Å². The predicted molar refractivity (Wildman–Crippen MR) is 62.1 cm³/mol. The van der Waals surface area contributed by atoms with Gasteiger partial charge in [-0.2, -0.15) is 0 Å². The topological polar surface area (TPSA) is 43.3 Å². The standard InChI is InChI=1S/C12H17N3/c1-8(7-13)12-10(3)14-11-6-4-5-9(2)15(11)12/h4-6,8H,7,13H2,1-3H3. The van der Waals surface area contributed by atoms with Gasteiger partial charge in [0.25, 0.3) is 0 Å². The number of rotatable bonds is 2. The van der Waals surface area contributed by atoms with E-state index >= 15 is 0 Å². The SMILES string of the molecule is Cc1nc2cccc(C)n2c1C(C)CN. The summed E-state index contributed by atoms with van der Waals surface area (Å²) in [5, 5.41) is 0. The summed E-state index contributed by atoms with van der Waals surface area (Å²) in [6.07, 6.45) is 0. The van der Waals surface area contributed by atoms with Crippen molar-refractivity contribution in [2.75, 3.05) is 6.54 Å². The molecule has 0 aliphatic carbocycles. The zero-order valence-electron chi connectivity index (χ0n) is 9.49. The third-order valence-corrected chi connectivity index (χ3v) is 2.88. The van der Waals surface area contributed by atoms with E-state index in [1.54, 1.807) is 0 Å². The lowest BCUT2D eigenvalue weighted by Crippen LogP contribution is -2.12. The second kappa shape index (κ2) is 3.66. The lowest BCUT2D eigenvalue weighted by Gasteiger charge is -2.11. The molecule has 0 saturated carbocycles. The molecule has 0 fully saturated rings. The molecule has 0 aliphatic rings. The molecule has 0 saturated heterocycles. The highest BCUT2D eigenvalue weighted by atomic mass is 15.0. The van der Waals surface area contributed by atoms with Crippen molar-refractivity contribution in [3.05, 3.63) is 35.3 Å². The average molecular weight is 203 g/mol. The van der Waals surface area contributed by atoms with Crippen molar-refractivity contribution in [2.45, 2.75) is 26.7 Å². The monoisotopic (exact) mass is 203 g/mol. The Kier molecular flexibility index (Phi) is 2.49. The number of hydrogen-bond acceptors (Lipinski definition) is 2. The minimum absolute atomic E-state index is 0.348. The van der Waals surface area contributed by atoms with Gasteiger partial charge in [-0.15, -0.1) is 0 Å². The van der Waals surface area contributed by atoms with Crippen LogP contribution < -0.4 is 5.73 Å². The van der Waals surface area contributed by atoms with Crippen LogP contribution in [0.2, 0.25) is 0 Å². The Morgan fingerprint density at radius 3 is 2.80 bits per heavy atom. The summed E-state index contributed by atoms with van der Waals surface area (Å²) in [4.78, 5) is 4.55. The first kappa shape index (κ1) is 10.2. The average Bonchev–Trinajstić information content (AvgIpc) is 2.55. The summed E-state index contributed by atoms with van der Waals surface area (Å²) in [7, 11) is 0. The van der Waals surface area contributed by atoms with Crippen LogP contribution in [-0.4, -0.2) is 15.9 Å². The maximum Gasteiger partial charge on any atom is 0.137 e. The van der Waals surface area contributed by atoms with Crippen LogP contribution >= 0.6 is 0 Å². The van der Waals surface area contributed by atoms with Gasteiger partial charge in [-0.05, 0) is 26.0 Å². The molecule has 80 valence electrons. The largest absolute Gasteiger partial charge is 0.330 e. The molecule has 0 aromatic carbocycles. The Balaban J connectivity index is 2.76. The molecule has 3 nitrogen and oxygen atoms in total. The summed E-state index contributed by atoms with van der Waals surface area (Å²) in [5.41, 5.74) is 10.3. The molecule has 0 amide bonds. The molecule has 0 spiro atoms. The van der Waals surface area contributed by atoms with Gasteiger partial charge in [0.1, 0.15) is 5.65 Å². The fourth-order valence-electron chi connectivity index (χ4n) is 2.08. The zero-order chi connectivity index (χ0) is 11.0. The fraction of sp³-hybridized carbons (Fsp3) is 0.417. The highest BCUT2D eigenvalue weighted by molar-refractivity contribution is 5.45. The van der Waals surface area contributed by atoms with Gasteiger partial charge < -0.3 is 10.1 Å². The third kappa shape index (κ3) is 1.53. The first-order chi connectivity index (χ1) is 7.15. The lowest BCUT2D eigenvalue weighted by atomic mass is 10.1. The molecular formula is C12H17N3. The van der Waals surface area contributed by atoms with Crippen molar-refractivity contribution in [1.29, 1.82) is 0 Å². The van der Waals surface area contributed by atoms with Crippen LogP contribution in [0.3, 0.4) is 0 Å². The first-order valence-corrected chi connectivity index (χ1v) is 5.29. The van der Waals surface area contributed by atoms with E-state index in [0.717, 1.165) is 11.3 Å². The van der Waals surface area contributed by atoms with Gasteiger partial charge in [-0.1, -0.05) is 13.0 Å². The van der Waals surface area contributed by atoms with E-state index < -0.39 is 0 Å².